The van der Waals surface area contributed by atoms with Crippen molar-refractivity contribution in [3.8, 4) is 0 Å². The standard InChI is InChI=1S/C11H9IN2S/c12-10-7-8(13)1-2-11(10)15-9-3-5-14-6-4-9/h1-7H,13H2. The number of halogens is 1. The lowest BCUT2D eigenvalue weighted by molar-refractivity contribution is 1.26. The van der Waals surface area contributed by atoms with Gasteiger partial charge in [-0.05, 0) is 52.9 Å². The number of nitrogen functional groups attached to an aromatic ring is 1. The van der Waals surface area contributed by atoms with E-state index in [0.717, 1.165) is 5.69 Å². The van der Waals surface area contributed by atoms with Gasteiger partial charge in [0.1, 0.15) is 0 Å². The van der Waals surface area contributed by atoms with Gasteiger partial charge in [-0.25, -0.2) is 0 Å². The van der Waals surface area contributed by atoms with Gasteiger partial charge in [0.05, 0.1) is 0 Å². The molecule has 0 spiro atoms. The molecule has 0 amide bonds. The molecule has 2 nitrogen and oxygen atoms in total. The lowest BCUT2D eigenvalue weighted by atomic mass is 10.3. The van der Waals surface area contributed by atoms with E-state index in [1.165, 1.54) is 13.4 Å². The number of nitrogens with zero attached hydrogens (tertiary/aromatic N) is 1. The number of nitrogens with two attached hydrogens (primary N) is 1. The van der Waals surface area contributed by atoms with Crippen molar-refractivity contribution in [3.63, 3.8) is 0 Å². The highest BCUT2D eigenvalue weighted by Crippen LogP contribution is 2.31. The third kappa shape index (κ3) is 2.85. The summed E-state index contributed by atoms with van der Waals surface area (Å²) in [5.74, 6) is 0. The van der Waals surface area contributed by atoms with Crippen molar-refractivity contribution in [1.29, 1.82) is 0 Å². The molecule has 0 aliphatic heterocycles. The molecule has 1 heterocycles. The van der Waals surface area contributed by atoms with Crippen LogP contribution in [0.3, 0.4) is 0 Å². The number of hydrogen-bond donors (Lipinski definition) is 1. The number of rotatable bonds is 2. The predicted octanol–water partition coefficient (Wildman–Crippen LogP) is 3.42. The van der Waals surface area contributed by atoms with Crippen molar-refractivity contribution in [2.24, 2.45) is 0 Å². The molecular weight excluding hydrogens is 319 g/mol. The van der Waals surface area contributed by atoms with E-state index < -0.39 is 0 Å². The van der Waals surface area contributed by atoms with Crippen molar-refractivity contribution >= 4 is 40.0 Å². The summed E-state index contributed by atoms with van der Waals surface area (Å²) >= 11 is 4.02. The molecule has 0 unspecified atom stereocenters. The Hall–Kier alpha value is -0.750. The molecule has 2 rings (SSSR count). The number of aromatic nitrogens is 1. The number of benzene rings is 1. The van der Waals surface area contributed by atoms with Crippen molar-refractivity contribution in [3.05, 3.63) is 46.3 Å². The molecule has 0 bridgehead atoms. The first kappa shape index (κ1) is 10.8. The Balaban J connectivity index is 2.25. The largest absolute Gasteiger partial charge is 0.399 e. The molecule has 2 N–H and O–H groups in total. The van der Waals surface area contributed by atoms with E-state index in [0.29, 0.717) is 0 Å². The third-order valence-corrected chi connectivity index (χ3v) is 4.18. The number of anilines is 1. The molecule has 1 aromatic heterocycles. The molecule has 15 heavy (non-hydrogen) atoms. The topological polar surface area (TPSA) is 38.9 Å². The van der Waals surface area contributed by atoms with Crippen molar-refractivity contribution in [2.45, 2.75) is 9.79 Å². The molecule has 0 saturated heterocycles. The van der Waals surface area contributed by atoms with Crippen LogP contribution >= 0.6 is 34.4 Å². The highest BCUT2D eigenvalue weighted by molar-refractivity contribution is 14.1. The Morgan fingerprint density at radius 1 is 1.13 bits per heavy atom. The first-order chi connectivity index (χ1) is 7.25. The van der Waals surface area contributed by atoms with Crippen LogP contribution in [0.5, 0.6) is 0 Å². The Morgan fingerprint density at radius 3 is 2.53 bits per heavy atom. The highest BCUT2D eigenvalue weighted by Gasteiger charge is 2.02. The first-order valence-corrected chi connectivity index (χ1v) is 6.28. The van der Waals surface area contributed by atoms with Gasteiger partial charge in [-0.3, -0.25) is 4.98 Å². The van der Waals surface area contributed by atoms with Gasteiger partial charge < -0.3 is 5.73 Å². The van der Waals surface area contributed by atoms with Crippen LogP contribution in [0.1, 0.15) is 0 Å². The van der Waals surface area contributed by atoms with E-state index in [-0.39, 0.29) is 0 Å². The third-order valence-electron chi connectivity index (χ3n) is 1.83. The number of pyridine rings is 1. The average Bonchev–Trinajstić information content (AvgIpc) is 2.24. The van der Waals surface area contributed by atoms with Gasteiger partial charge >= 0.3 is 0 Å². The maximum absolute atomic E-state index is 5.70. The molecule has 0 saturated carbocycles. The van der Waals surface area contributed by atoms with Crippen molar-refractivity contribution in [2.75, 3.05) is 5.73 Å². The Morgan fingerprint density at radius 2 is 1.87 bits per heavy atom. The summed E-state index contributed by atoms with van der Waals surface area (Å²) in [6.07, 6.45) is 3.60. The smallest absolute Gasteiger partial charge is 0.0325 e. The lowest BCUT2D eigenvalue weighted by Crippen LogP contribution is -1.86. The molecule has 0 fully saturated rings. The second kappa shape index (κ2) is 4.85. The zero-order valence-electron chi connectivity index (χ0n) is 7.85. The van der Waals surface area contributed by atoms with E-state index in [9.17, 15) is 0 Å². The van der Waals surface area contributed by atoms with Crippen LogP contribution in [0.25, 0.3) is 0 Å². The van der Waals surface area contributed by atoms with Crippen LogP contribution in [0.15, 0.2) is 52.5 Å². The minimum absolute atomic E-state index is 0.804. The van der Waals surface area contributed by atoms with Crippen LogP contribution in [-0.4, -0.2) is 4.98 Å². The Bertz CT molecular complexity index is 459. The Labute approximate surface area is 106 Å². The zero-order chi connectivity index (χ0) is 10.7. The van der Waals surface area contributed by atoms with Gasteiger partial charge in [0, 0.05) is 31.4 Å². The summed E-state index contributed by atoms with van der Waals surface area (Å²) < 4.78 is 1.18. The number of hydrogen-bond acceptors (Lipinski definition) is 3. The van der Waals surface area contributed by atoms with E-state index >= 15 is 0 Å². The summed E-state index contributed by atoms with van der Waals surface area (Å²) in [6.45, 7) is 0. The van der Waals surface area contributed by atoms with Crippen LogP contribution in [0.4, 0.5) is 5.69 Å². The molecule has 4 heteroatoms. The SMILES string of the molecule is Nc1ccc(Sc2ccncc2)c(I)c1. The monoisotopic (exact) mass is 328 g/mol. The fourth-order valence-corrected chi connectivity index (χ4v) is 2.81. The van der Waals surface area contributed by atoms with Gasteiger partial charge in [-0.2, -0.15) is 0 Å². The minimum Gasteiger partial charge on any atom is -0.399 e. The maximum Gasteiger partial charge on any atom is 0.0325 e. The van der Waals surface area contributed by atoms with Crippen molar-refractivity contribution < 1.29 is 0 Å². The van der Waals surface area contributed by atoms with Gasteiger partial charge in [-0.1, -0.05) is 11.8 Å². The van der Waals surface area contributed by atoms with E-state index in [1.54, 1.807) is 24.2 Å². The van der Waals surface area contributed by atoms with Crippen molar-refractivity contribution in [1.82, 2.24) is 4.98 Å². The van der Waals surface area contributed by atoms with Gasteiger partial charge in [0.25, 0.3) is 0 Å². The van der Waals surface area contributed by atoms with Crippen LogP contribution in [-0.2, 0) is 0 Å². The summed E-state index contributed by atoms with van der Waals surface area (Å²) in [5, 5.41) is 0. The molecule has 0 radical (unpaired) electrons. The summed E-state index contributed by atoms with van der Waals surface area (Å²) in [6, 6.07) is 9.94. The minimum atomic E-state index is 0.804. The molecule has 0 aliphatic carbocycles. The van der Waals surface area contributed by atoms with Crippen LogP contribution in [0.2, 0.25) is 0 Å². The van der Waals surface area contributed by atoms with Gasteiger partial charge in [0.15, 0.2) is 0 Å². The van der Waals surface area contributed by atoms with Gasteiger partial charge in [-0.15, -0.1) is 0 Å². The molecule has 1 aromatic carbocycles. The quantitative estimate of drug-likeness (QED) is 0.678. The molecule has 76 valence electrons. The van der Waals surface area contributed by atoms with E-state index in [4.69, 9.17) is 5.73 Å². The summed E-state index contributed by atoms with van der Waals surface area (Å²) in [4.78, 5) is 6.39. The lowest BCUT2D eigenvalue weighted by Gasteiger charge is -2.04. The second-order valence-corrected chi connectivity index (χ2v) is 5.25. The summed E-state index contributed by atoms with van der Waals surface area (Å²) in [7, 11) is 0. The fraction of sp³-hybridized carbons (Fsp3) is 0. The normalized spacial score (nSPS) is 10.2. The highest BCUT2D eigenvalue weighted by atomic mass is 127. The second-order valence-electron chi connectivity index (χ2n) is 2.97. The van der Waals surface area contributed by atoms with E-state index in [1.807, 2.05) is 30.3 Å². The Kier molecular flexibility index (Phi) is 3.48. The van der Waals surface area contributed by atoms with Crippen LogP contribution < -0.4 is 5.73 Å². The van der Waals surface area contributed by atoms with Crippen LogP contribution in [0, 0.1) is 3.57 Å². The first-order valence-electron chi connectivity index (χ1n) is 4.38. The van der Waals surface area contributed by atoms with E-state index in [2.05, 4.69) is 27.6 Å². The maximum atomic E-state index is 5.70. The molecule has 0 aliphatic rings. The average molecular weight is 328 g/mol. The summed E-state index contributed by atoms with van der Waals surface area (Å²) in [5.41, 5.74) is 6.50. The zero-order valence-corrected chi connectivity index (χ0v) is 10.8. The van der Waals surface area contributed by atoms with Gasteiger partial charge in [0.2, 0.25) is 0 Å². The molecule has 2 aromatic rings. The molecule has 0 atom stereocenters. The fourth-order valence-electron chi connectivity index (χ4n) is 1.13. The predicted molar refractivity (Wildman–Crippen MR) is 71.9 cm³/mol. The molecular formula is C11H9IN2S.